The summed E-state index contributed by atoms with van der Waals surface area (Å²) in [5, 5.41) is 3.83. The Hall–Kier alpha value is -2.75. The Labute approximate surface area is 129 Å². The first kappa shape index (κ1) is 14.2. The number of carbonyl (C=O) groups excluding carboxylic acids is 1. The van der Waals surface area contributed by atoms with Gasteiger partial charge in [-0.05, 0) is 32.0 Å². The van der Waals surface area contributed by atoms with Crippen molar-refractivity contribution in [3.63, 3.8) is 0 Å². The highest BCUT2D eigenvalue weighted by Crippen LogP contribution is 2.26. The minimum atomic E-state index is -0.155. The zero-order valence-electron chi connectivity index (χ0n) is 12.6. The topological polar surface area (TPSA) is 54.1 Å². The van der Waals surface area contributed by atoms with Crippen molar-refractivity contribution < 1.29 is 9.53 Å². The second-order valence-corrected chi connectivity index (χ2v) is 5.36. The molecule has 22 heavy (non-hydrogen) atoms. The van der Waals surface area contributed by atoms with E-state index >= 15 is 0 Å². The summed E-state index contributed by atoms with van der Waals surface area (Å²) in [4.78, 5) is 15.7. The van der Waals surface area contributed by atoms with Crippen LogP contribution in [0.5, 0.6) is 5.75 Å². The number of hydrogen-bond acceptors (Lipinski definition) is 2. The van der Waals surface area contributed by atoms with Gasteiger partial charge in [0, 0.05) is 17.1 Å². The molecule has 0 unspecified atom stereocenters. The van der Waals surface area contributed by atoms with Gasteiger partial charge in [0.25, 0.3) is 5.91 Å². The minimum Gasteiger partial charge on any atom is -0.489 e. The largest absolute Gasteiger partial charge is 0.489 e. The number of H-pyrrole nitrogens is 1. The van der Waals surface area contributed by atoms with Gasteiger partial charge in [0.1, 0.15) is 5.75 Å². The van der Waals surface area contributed by atoms with Gasteiger partial charge >= 0.3 is 0 Å². The highest BCUT2D eigenvalue weighted by molar-refractivity contribution is 6.13. The van der Waals surface area contributed by atoms with Crippen molar-refractivity contribution in [2.45, 2.75) is 20.0 Å². The van der Waals surface area contributed by atoms with Crippen LogP contribution in [0.25, 0.3) is 10.9 Å². The van der Waals surface area contributed by atoms with E-state index < -0.39 is 0 Å². The molecule has 3 aromatic rings. The lowest BCUT2D eigenvalue weighted by molar-refractivity contribution is 0.102. The Morgan fingerprint density at radius 2 is 1.82 bits per heavy atom. The van der Waals surface area contributed by atoms with Crippen LogP contribution < -0.4 is 10.1 Å². The van der Waals surface area contributed by atoms with E-state index in [9.17, 15) is 4.79 Å². The van der Waals surface area contributed by atoms with Gasteiger partial charge in [0.2, 0.25) is 0 Å². The maximum atomic E-state index is 12.5. The van der Waals surface area contributed by atoms with Gasteiger partial charge in [0.15, 0.2) is 0 Å². The number of nitrogens with one attached hydrogen (secondary N) is 2. The molecule has 1 heterocycles. The van der Waals surface area contributed by atoms with Crippen molar-refractivity contribution in [1.82, 2.24) is 4.98 Å². The second-order valence-electron chi connectivity index (χ2n) is 5.36. The van der Waals surface area contributed by atoms with Gasteiger partial charge < -0.3 is 15.0 Å². The molecule has 2 aromatic carbocycles. The number of benzene rings is 2. The minimum absolute atomic E-state index is 0.0474. The molecular weight excluding hydrogens is 276 g/mol. The van der Waals surface area contributed by atoms with Crippen LogP contribution in [0, 0.1) is 0 Å². The number of ether oxygens (including phenoxy) is 1. The van der Waals surface area contributed by atoms with Crippen LogP contribution in [-0.4, -0.2) is 17.0 Å². The molecule has 0 aliphatic rings. The lowest BCUT2D eigenvalue weighted by Gasteiger charge is -2.14. The van der Waals surface area contributed by atoms with Crippen LogP contribution in [0.4, 0.5) is 5.69 Å². The monoisotopic (exact) mass is 294 g/mol. The lowest BCUT2D eigenvalue weighted by atomic mass is 10.1. The van der Waals surface area contributed by atoms with E-state index in [1.54, 1.807) is 6.20 Å². The maximum Gasteiger partial charge on any atom is 0.257 e. The molecule has 112 valence electrons. The standard InChI is InChI=1S/C18H18N2O2/c1-12(2)22-17-10-6-5-9-16(17)20-18(21)14-11-19-15-8-4-3-7-13(14)15/h3-12,19H,1-2H3,(H,20,21). The van der Waals surface area contributed by atoms with Crippen molar-refractivity contribution in [3.05, 3.63) is 60.3 Å². The molecular formula is C18H18N2O2. The summed E-state index contributed by atoms with van der Waals surface area (Å²) in [6.07, 6.45) is 1.78. The number of anilines is 1. The lowest BCUT2D eigenvalue weighted by Crippen LogP contribution is -2.14. The average molecular weight is 294 g/mol. The summed E-state index contributed by atoms with van der Waals surface area (Å²) in [6, 6.07) is 15.2. The van der Waals surface area contributed by atoms with E-state index in [1.807, 2.05) is 62.4 Å². The Morgan fingerprint density at radius 3 is 2.64 bits per heavy atom. The van der Waals surface area contributed by atoms with Gasteiger partial charge in [-0.2, -0.15) is 0 Å². The Morgan fingerprint density at radius 1 is 1.09 bits per heavy atom. The first-order valence-corrected chi connectivity index (χ1v) is 7.28. The third kappa shape index (κ3) is 2.81. The number of rotatable bonds is 4. The van der Waals surface area contributed by atoms with E-state index in [0.717, 1.165) is 10.9 Å². The van der Waals surface area contributed by atoms with Gasteiger partial charge in [-0.3, -0.25) is 4.79 Å². The normalized spacial score (nSPS) is 10.9. The summed E-state index contributed by atoms with van der Waals surface area (Å²) >= 11 is 0. The van der Waals surface area contributed by atoms with E-state index in [-0.39, 0.29) is 12.0 Å². The fraction of sp³-hybridized carbons (Fsp3) is 0.167. The number of amides is 1. The molecule has 0 saturated carbocycles. The number of fused-ring (bicyclic) bond motifs is 1. The quantitative estimate of drug-likeness (QED) is 0.757. The number of carbonyl (C=O) groups is 1. The van der Waals surface area contributed by atoms with Crippen molar-refractivity contribution in [2.75, 3.05) is 5.32 Å². The van der Waals surface area contributed by atoms with Gasteiger partial charge in [-0.15, -0.1) is 0 Å². The SMILES string of the molecule is CC(C)Oc1ccccc1NC(=O)c1c[nH]c2ccccc12. The summed E-state index contributed by atoms with van der Waals surface area (Å²) in [6.45, 7) is 3.91. The van der Waals surface area contributed by atoms with E-state index in [1.165, 1.54) is 0 Å². The molecule has 0 aliphatic heterocycles. The van der Waals surface area contributed by atoms with Crippen LogP contribution in [-0.2, 0) is 0 Å². The van der Waals surface area contributed by atoms with Crippen molar-refractivity contribution in [3.8, 4) is 5.75 Å². The fourth-order valence-corrected chi connectivity index (χ4v) is 2.38. The van der Waals surface area contributed by atoms with Gasteiger partial charge in [0.05, 0.1) is 17.4 Å². The van der Waals surface area contributed by atoms with Crippen molar-refractivity contribution in [2.24, 2.45) is 0 Å². The maximum absolute atomic E-state index is 12.5. The van der Waals surface area contributed by atoms with E-state index in [0.29, 0.717) is 17.0 Å². The Balaban J connectivity index is 1.89. The van der Waals surface area contributed by atoms with E-state index in [2.05, 4.69) is 10.3 Å². The summed E-state index contributed by atoms with van der Waals surface area (Å²) < 4.78 is 5.73. The Bertz CT molecular complexity index is 805. The van der Waals surface area contributed by atoms with Crippen molar-refractivity contribution in [1.29, 1.82) is 0 Å². The number of para-hydroxylation sites is 3. The molecule has 0 fully saturated rings. The first-order valence-electron chi connectivity index (χ1n) is 7.28. The molecule has 0 radical (unpaired) electrons. The number of hydrogen-bond donors (Lipinski definition) is 2. The number of aromatic nitrogens is 1. The predicted octanol–water partition coefficient (Wildman–Crippen LogP) is 4.21. The molecule has 4 heteroatoms. The van der Waals surface area contributed by atoms with Gasteiger partial charge in [-0.25, -0.2) is 0 Å². The van der Waals surface area contributed by atoms with Crippen LogP contribution in [0.3, 0.4) is 0 Å². The molecule has 1 aromatic heterocycles. The summed E-state index contributed by atoms with van der Waals surface area (Å²) in [5.74, 6) is 0.517. The molecule has 1 amide bonds. The predicted molar refractivity (Wildman–Crippen MR) is 88.5 cm³/mol. The first-order chi connectivity index (χ1) is 10.6. The summed E-state index contributed by atoms with van der Waals surface area (Å²) in [7, 11) is 0. The van der Waals surface area contributed by atoms with E-state index in [4.69, 9.17) is 4.74 Å². The highest BCUT2D eigenvalue weighted by atomic mass is 16.5. The van der Waals surface area contributed by atoms with Crippen LogP contribution in [0.2, 0.25) is 0 Å². The van der Waals surface area contributed by atoms with Crippen LogP contribution in [0.1, 0.15) is 24.2 Å². The van der Waals surface area contributed by atoms with Gasteiger partial charge in [-0.1, -0.05) is 30.3 Å². The van der Waals surface area contributed by atoms with Crippen LogP contribution in [0.15, 0.2) is 54.7 Å². The Kier molecular flexibility index (Phi) is 3.83. The third-order valence-corrected chi connectivity index (χ3v) is 3.33. The third-order valence-electron chi connectivity index (χ3n) is 3.33. The van der Waals surface area contributed by atoms with Crippen molar-refractivity contribution >= 4 is 22.5 Å². The smallest absolute Gasteiger partial charge is 0.257 e. The molecule has 4 nitrogen and oxygen atoms in total. The molecule has 3 rings (SSSR count). The molecule has 0 aliphatic carbocycles. The fourth-order valence-electron chi connectivity index (χ4n) is 2.38. The zero-order chi connectivity index (χ0) is 15.5. The molecule has 0 bridgehead atoms. The second kappa shape index (κ2) is 5.93. The van der Waals surface area contributed by atoms with Crippen LogP contribution >= 0.6 is 0 Å². The molecule has 0 saturated heterocycles. The average Bonchev–Trinajstić information content (AvgIpc) is 2.93. The molecule has 0 atom stereocenters. The molecule has 2 N–H and O–H groups in total. The molecule has 0 spiro atoms. The number of aromatic amines is 1. The zero-order valence-corrected chi connectivity index (χ0v) is 12.6. The highest BCUT2D eigenvalue weighted by Gasteiger charge is 2.14. The summed E-state index contributed by atoms with van der Waals surface area (Å²) in [5.41, 5.74) is 2.24.